The van der Waals surface area contributed by atoms with Crippen LogP contribution in [0, 0.1) is 11.8 Å². The maximum Gasteiger partial charge on any atom is 0.325 e. The van der Waals surface area contributed by atoms with Crippen LogP contribution in [0.25, 0.3) is 0 Å². The molecule has 0 unspecified atom stereocenters. The third-order valence-corrected chi connectivity index (χ3v) is 4.85. The second-order valence-corrected chi connectivity index (χ2v) is 6.65. The van der Waals surface area contributed by atoms with E-state index in [1.54, 1.807) is 30.3 Å². The third kappa shape index (κ3) is 5.89. The van der Waals surface area contributed by atoms with Gasteiger partial charge in [-0.3, -0.25) is 14.4 Å². The molecule has 2 amide bonds. The van der Waals surface area contributed by atoms with Crippen LogP contribution in [0.1, 0.15) is 43.5 Å². The Balaban J connectivity index is 1.67. The lowest BCUT2D eigenvalue weighted by Gasteiger charge is -2.34. The summed E-state index contributed by atoms with van der Waals surface area (Å²) < 4.78 is 4.93. The summed E-state index contributed by atoms with van der Waals surface area (Å²) >= 11 is 0. The van der Waals surface area contributed by atoms with Gasteiger partial charge in [0.25, 0.3) is 11.8 Å². The van der Waals surface area contributed by atoms with Gasteiger partial charge in [-0.15, -0.1) is 0 Å². The summed E-state index contributed by atoms with van der Waals surface area (Å²) in [6.45, 7) is 3.74. The van der Waals surface area contributed by atoms with Crippen molar-refractivity contribution in [3.8, 4) is 0 Å². The quantitative estimate of drug-likeness (QED) is 0.771. The maximum atomic E-state index is 12.0. The van der Waals surface area contributed by atoms with Crippen molar-refractivity contribution in [3.05, 3.63) is 35.9 Å². The number of ether oxygens (including phenoxy) is 1. The zero-order valence-electron chi connectivity index (χ0n) is 14.8. The van der Waals surface area contributed by atoms with Crippen LogP contribution < -0.4 is 10.6 Å². The molecule has 6 heteroatoms. The molecule has 3 atom stereocenters. The highest BCUT2D eigenvalue weighted by Gasteiger charge is 2.28. The maximum absolute atomic E-state index is 12.0. The van der Waals surface area contributed by atoms with Crippen LogP contribution in [0.2, 0.25) is 0 Å². The number of carbonyl (C=O) groups is 3. The summed E-state index contributed by atoms with van der Waals surface area (Å²) in [5.74, 6) is -0.293. The molecular weight excluding hydrogens is 320 g/mol. The Morgan fingerprint density at radius 3 is 2.56 bits per heavy atom. The molecule has 1 saturated carbocycles. The van der Waals surface area contributed by atoms with E-state index in [4.69, 9.17) is 4.74 Å². The van der Waals surface area contributed by atoms with Gasteiger partial charge in [-0.25, -0.2) is 0 Å². The minimum Gasteiger partial charge on any atom is -0.454 e. The molecule has 0 heterocycles. The van der Waals surface area contributed by atoms with Gasteiger partial charge >= 0.3 is 5.97 Å². The average Bonchev–Trinajstić information content (AvgIpc) is 2.62. The molecule has 0 aliphatic heterocycles. The molecule has 0 aromatic heterocycles. The van der Waals surface area contributed by atoms with E-state index in [0.717, 1.165) is 12.8 Å². The van der Waals surface area contributed by atoms with Crippen LogP contribution in [-0.2, 0) is 14.3 Å². The summed E-state index contributed by atoms with van der Waals surface area (Å²) in [6.07, 6.45) is 3.24. The molecule has 1 fully saturated rings. The standard InChI is InChI=1S/C19H26N2O4/c1-13-7-6-10-16(14(13)2)21-17(22)12-25-18(23)11-20-19(24)15-8-4-3-5-9-15/h3-5,8-9,13-14,16H,6-7,10-12H2,1-2H3,(H,20,24)(H,21,22)/t13-,14+,16-/m1/s1. The summed E-state index contributed by atoms with van der Waals surface area (Å²) in [6, 6.07) is 8.72. The zero-order valence-corrected chi connectivity index (χ0v) is 14.8. The Hall–Kier alpha value is -2.37. The monoisotopic (exact) mass is 346 g/mol. The van der Waals surface area contributed by atoms with Crippen molar-refractivity contribution >= 4 is 17.8 Å². The highest BCUT2D eigenvalue weighted by Crippen LogP contribution is 2.29. The summed E-state index contributed by atoms with van der Waals surface area (Å²) in [7, 11) is 0. The smallest absolute Gasteiger partial charge is 0.325 e. The molecule has 0 spiro atoms. The van der Waals surface area contributed by atoms with E-state index in [2.05, 4.69) is 24.5 Å². The summed E-state index contributed by atoms with van der Waals surface area (Å²) in [4.78, 5) is 35.4. The Labute approximate surface area is 148 Å². The Morgan fingerprint density at radius 2 is 1.84 bits per heavy atom. The van der Waals surface area contributed by atoms with E-state index in [1.165, 1.54) is 6.42 Å². The molecule has 25 heavy (non-hydrogen) atoms. The average molecular weight is 346 g/mol. The second-order valence-electron chi connectivity index (χ2n) is 6.65. The van der Waals surface area contributed by atoms with Gasteiger partial charge in [0.2, 0.25) is 0 Å². The molecule has 1 aliphatic carbocycles. The van der Waals surface area contributed by atoms with Gasteiger partial charge in [0.15, 0.2) is 6.61 Å². The van der Waals surface area contributed by atoms with Crippen molar-refractivity contribution in [1.82, 2.24) is 10.6 Å². The van der Waals surface area contributed by atoms with Crippen LogP contribution in [0.3, 0.4) is 0 Å². The van der Waals surface area contributed by atoms with E-state index in [9.17, 15) is 14.4 Å². The third-order valence-electron chi connectivity index (χ3n) is 4.85. The zero-order chi connectivity index (χ0) is 18.2. The fraction of sp³-hybridized carbons (Fsp3) is 0.526. The minimum absolute atomic E-state index is 0.132. The highest BCUT2D eigenvalue weighted by molar-refractivity contribution is 5.96. The number of hydrogen-bond donors (Lipinski definition) is 2. The van der Waals surface area contributed by atoms with Crippen LogP contribution in [0.5, 0.6) is 0 Å². The molecule has 2 N–H and O–H groups in total. The number of amides is 2. The van der Waals surface area contributed by atoms with Crippen molar-refractivity contribution in [1.29, 1.82) is 0 Å². The molecular formula is C19H26N2O4. The van der Waals surface area contributed by atoms with Crippen LogP contribution in [0.15, 0.2) is 30.3 Å². The lowest BCUT2D eigenvalue weighted by molar-refractivity contribution is -0.147. The number of rotatable bonds is 6. The molecule has 1 aromatic carbocycles. The highest BCUT2D eigenvalue weighted by atomic mass is 16.5. The largest absolute Gasteiger partial charge is 0.454 e. The SMILES string of the molecule is C[C@H]1[C@H](C)CCC[C@H]1NC(=O)COC(=O)CNC(=O)c1ccccc1. The summed E-state index contributed by atoms with van der Waals surface area (Å²) in [5.41, 5.74) is 0.466. The van der Waals surface area contributed by atoms with Crippen LogP contribution in [0.4, 0.5) is 0 Å². The number of hydrogen-bond acceptors (Lipinski definition) is 4. The number of benzene rings is 1. The van der Waals surface area contributed by atoms with Gasteiger partial charge in [0, 0.05) is 11.6 Å². The van der Waals surface area contributed by atoms with Gasteiger partial charge in [-0.05, 0) is 30.4 Å². The van der Waals surface area contributed by atoms with E-state index in [-0.39, 0.29) is 31.0 Å². The van der Waals surface area contributed by atoms with E-state index >= 15 is 0 Å². The van der Waals surface area contributed by atoms with Crippen LogP contribution >= 0.6 is 0 Å². The molecule has 6 nitrogen and oxygen atoms in total. The van der Waals surface area contributed by atoms with E-state index in [1.807, 2.05) is 0 Å². The second kappa shape index (κ2) is 9.20. The normalized spacial score (nSPS) is 22.7. The molecule has 2 rings (SSSR count). The van der Waals surface area contributed by atoms with Crippen molar-refractivity contribution in [3.63, 3.8) is 0 Å². The van der Waals surface area contributed by atoms with Gasteiger partial charge in [-0.2, -0.15) is 0 Å². The van der Waals surface area contributed by atoms with Crippen LogP contribution in [-0.4, -0.2) is 37.0 Å². The predicted octanol–water partition coefficient (Wildman–Crippen LogP) is 1.90. The van der Waals surface area contributed by atoms with Gasteiger partial charge in [-0.1, -0.05) is 44.9 Å². The first kappa shape index (κ1) is 19.0. The number of nitrogens with one attached hydrogen (secondary N) is 2. The molecule has 0 saturated heterocycles. The Bertz CT molecular complexity index is 603. The van der Waals surface area contributed by atoms with E-state index < -0.39 is 5.97 Å². The van der Waals surface area contributed by atoms with Crippen molar-refractivity contribution in [2.75, 3.05) is 13.2 Å². The van der Waals surface area contributed by atoms with Gasteiger partial charge in [0.05, 0.1) is 0 Å². The fourth-order valence-corrected chi connectivity index (χ4v) is 3.08. The molecule has 1 aliphatic rings. The van der Waals surface area contributed by atoms with Gasteiger partial charge < -0.3 is 15.4 Å². The molecule has 0 bridgehead atoms. The van der Waals surface area contributed by atoms with E-state index in [0.29, 0.717) is 17.4 Å². The molecule has 1 aromatic rings. The Kier molecular flexibility index (Phi) is 6.98. The number of esters is 1. The lowest BCUT2D eigenvalue weighted by atomic mass is 9.78. The predicted molar refractivity (Wildman–Crippen MR) is 93.8 cm³/mol. The molecule has 0 radical (unpaired) electrons. The topological polar surface area (TPSA) is 84.5 Å². The van der Waals surface area contributed by atoms with Gasteiger partial charge in [0.1, 0.15) is 6.54 Å². The minimum atomic E-state index is -0.635. The Morgan fingerprint density at radius 1 is 1.12 bits per heavy atom. The fourth-order valence-electron chi connectivity index (χ4n) is 3.08. The first-order valence-corrected chi connectivity index (χ1v) is 8.75. The first-order chi connectivity index (χ1) is 12.0. The van der Waals surface area contributed by atoms with Crippen molar-refractivity contribution < 1.29 is 19.1 Å². The van der Waals surface area contributed by atoms with Crippen molar-refractivity contribution in [2.24, 2.45) is 11.8 Å². The molecule has 136 valence electrons. The lowest BCUT2D eigenvalue weighted by Crippen LogP contribution is -2.45. The first-order valence-electron chi connectivity index (χ1n) is 8.75. The number of carbonyl (C=O) groups excluding carboxylic acids is 3. The summed E-state index contributed by atoms with van der Waals surface area (Å²) in [5, 5.41) is 5.41. The van der Waals surface area contributed by atoms with Crippen molar-refractivity contribution in [2.45, 2.75) is 39.2 Å².